The molecule has 0 bridgehead atoms. The molecule has 2 aromatic carbocycles. The summed E-state index contributed by atoms with van der Waals surface area (Å²) in [7, 11) is 0. The SMILES string of the molecule is CCN(C(=O)CNc1cc(Cl)cc(Cl)c1)c1ccccc1. The van der Waals surface area contributed by atoms with E-state index < -0.39 is 0 Å². The molecule has 0 spiro atoms. The van der Waals surface area contributed by atoms with Gasteiger partial charge >= 0.3 is 0 Å². The minimum Gasteiger partial charge on any atom is -0.376 e. The van der Waals surface area contributed by atoms with Gasteiger partial charge in [-0.25, -0.2) is 0 Å². The van der Waals surface area contributed by atoms with Crippen molar-refractivity contribution < 1.29 is 4.79 Å². The van der Waals surface area contributed by atoms with Crippen LogP contribution in [0.25, 0.3) is 0 Å². The molecule has 0 heterocycles. The number of anilines is 2. The molecule has 1 N–H and O–H groups in total. The molecule has 0 aliphatic carbocycles. The van der Waals surface area contributed by atoms with Gasteiger partial charge in [-0.1, -0.05) is 41.4 Å². The summed E-state index contributed by atoms with van der Waals surface area (Å²) in [4.78, 5) is 14.0. The van der Waals surface area contributed by atoms with Gasteiger partial charge in [0.25, 0.3) is 0 Å². The van der Waals surface area contributed by atoms with Crippen LogP contribution in [0, 0.1) is 0 Å². The summed E-state index contributed by atoms with van der Waals surface area (Å²) in [6, 6.07) is 14.7. The lowest BCUT2D eigenvalue weighted by Crippen LogP contribution is -2.35. The fraction of sp³-hybridized carbons (Fsp3) is 0.188. The maximum absolute atomic E-state index is 12.3. The van der Waals surface area contributed by atoms with Gasteiger partial charge in [0, 0.05) is 28.0 Å². The van der Waals surface area contributed by atoms with Gasteiger partial charge in [0.15, 0.2) is 0 Å². The first-order chi connectivity index (χ1) is 10.1. The number of likely N-dealkylation sites (N-methyl/N-ethyl adjacent to an activating group) is 1. The predicted octanol–water partition coefficient (Wildman–Crippen LogP) is 4.46. The number of carbonyl (C=O) groups is 1. The summed E-state index contributed by atoms with van der Waals surface area (Å²) in [6.07, 6.45) is 0. The van der Waals surface area contributed by atoms with Crippen LogP contribution >= 0.6 is 23.2 Å². The van der Waals surface area contributed by atoms with Crippen LogP contribution in [0.2, 0.25) is 10.0 Å². The highest BCUT2D eigenvalue weighted by atomic mass is 35.5. The Balaban J connectivity index is 2.03. The standard InChI is InChI=1S/C16H16Cl2N2O/c1-2-20(15-6-4-3-5-7-15)16(21)11-19-14-9-12(17)8-13(18)10-14/h3-10,19H,2,11H2,1H3. The molecular weight excluding hydrogens is 307 g/mol. The summed E-state index contributed by atoms with van der Waals surface area (Å²) in [5.41, 5.74) is 1.61. The maximum atomic E-state index is 12.3. The van der Waals surface area contributed by atoms with E-state index in [9.17, 15) is 4.79 Å². The molecular formula is C16H16Cl2N2O. The van der Waals surface area contributed by atoms with E-state index in [-0.39, 0.29) is 12.5 Å². The van der Waals surface area contributed by atoms with Crippen molar-refractivity contribution >= 4 is 40.5 Å². The molecule has 0 atom stereocenters. The molecule has 1 amide bonds. The Morgan fingerprint density at radius 2 is 1.71 bits per heavy atom. The van der Waals surface area contributed by atoms with Crippen LogP contribution in [0.4, 0.5) is 11.4 Å². The van der Waals surface area contributed by atoms with Crippen molar-refractivity contribution in [2.45, 2.75) is 6.92 Å². The second-order valence-corrected chi connectivity index (χ2v) is 5.36. The number of hydrogen-bond donors (Lipinski definition) is 1. The lowest BCUT2D eigenvalue weighted by Gasteiger charge is -2.21. The van der Waals surface area contributed by atoms with E-state index in [1.807, 2.05) is 37.3 Å². The molecule has 0 unspecified atom stereocenters. The zero-order chi connectivity index (χ0) is 15.2. The highest BCUT2D eigenvalue weighted by Gasteiger charge is 2.13. The monoisotopic (exact) mass is 322 g/mol. The Labute approximate surface area is 134 Å². The Morgan fingerprint density at radius 1 is 1.10 bits per heavy atom. The molecule has 5 heteroatoms. The fourth-order valence-corrected chi connectivity index (χ4v) is 2.57. The normalized spacial score (nSPS) is 10.2. The molecule has 0 aliphatic rings. The Kier molecular flexibility index (Phi) is 5.48. The van der Waals surface area contributed by atoms with Gasteiger partial charge < -0.3 is 10.2 Å². The molecule has 21 heavy (non-hydrogen) atoms. The number of nitrogens with zero attached hydrogens (tertiary/aromatic N) is 1. The number of nitrogens with one attached hydrogen (secondary N) is 1. The third-order valence-corrected chi connectivity index (χ3v) is 3.43. The maximum Gasteiger partial charge on any atom is 0.246 e. The summed E-state index contributed by atoms with van der Waals surface area (Å²) in [5, 5.41) is 4.12. The zero-order valence-electron chi connectivity index (χ0n) is 11.6. The molecule has 110 valence electrons. The van der Waals surface area contributed by atoms with Crippen LogP contribution in [0.3, 0.4) is 0 Å². The molecule has 0 fully saturated rings. The van der Waals surface area contributed by atoms with Gasteiger partial charge in [-0.15, -0.1) is 0 Å². The van der Waals surface area contributed by atoms with Crippen LogP contribution in [-0.4, -0.2) is 19.0 Å². The van der Waals surface area contributed by atoms with Gasteiger partial charge in [0.2, 0.25) is 5.91 Å². The van der Waals surface area contributed by atoms with Crippen molar-refractivity contribution in [3.63, 3.8) is 0 Å². The van der Waals surface area contributed by atoms with Crippen molar-refractivity contribution in [2.75, 3.05) is 23.3 Å². The lowest BCUT2D eigenvalue weighted by molar-refractivity contribution is -0.116. The van der Waals surface area contributed by atoms with Crippen LogP contribution in [0.15, 0.2) is 48.5 Å². The molecule has 0 aromatic heterocycles. The van der Waals surface area contributed by atoms with Crippen molar-refractivity contribution in [2.24, 2.45) is 0 Å². The molecule has 2 rings (SSSR count). The minimum absolute atomic E-state index is 0.0141. The molecule has 0 saturated carbocycles. The number of halogens is 2. The van der Waals surface area contributed by atoms with E-state index in [2.05, 4.69) is 5.32 Å². The second-order valence-electron chi connectivity index (χ2n) is 4.49. The van der Waals surface area contributed by atoms with Crippen LogP contribution in [0.1, 0.15) is 6.92 Å². The number of benzene rings is 2. The van der Waals surface area contributed by atoms with Crippen LogP contribution in [-0.2, 0) is 4.79 Å². The Bertz CT molecular complexity index is 597. The molecule has 0 saturated heterocycles. The van der Waals surface area contributed by atoms with Gasteiger partial charge in [0.1, 0.15) is 0 Å². The molecule has 0 radical (unpaired) electrons. The first-order valence-electron chi connectivity index (χ1n) is 6.65. The van der Waals surface area contributed by atoms with Gasteiger partial charge in [-0.05, 0) is 37.3 Å². The average Bonchev–Trinajstić information content (AvgIpc) is 2.46. The zero-order valence-corrected chi connectivity index (χ0v) is 13.2. The first kappa shape index (κ1) is 15.7. The molecule has 3 nitrogen and oxygen atoms in total. The van der Waals surface area contributed by atoms with Gasteiger partial charge in [-0.2, -0.15) is 0 Å². The van der Waals surface area contributed by atoms with Gasteiger partial charge in [-0.3, -0.25) is 4.79 Å². The lowest BCUT2D eigenvalue weighted by atomic mass is 10.2. The van der Waals surface area contributed by atoms with E-state index in [1.54, 1.807) is 23.1 Å². The largest absolute Gasteiger partial charge is 0.376 e. The third-order valence-electron chi connectivity index (χ3n) is 2.99. The van der Waals surface area contributed by atoms with E-state index in [4.69, 9.17) is 23.2 Å². The Morgan fingerprint density at radius 3 is 2.29 bits per heavy atom. The molecule has 2 aromatic rings. The number of rotatable bonds is 5. The van der Waals surface area contributed by atoms with Crippen molar-refractivity contribution in [1.82, 2.24) is 0 Å². The second kappa shape index (κ2) is 7.34. The van der Waals surface area contributed by atoms with Crippen molar-refractivity contribution in [3.05, 3.63) is 58.6 Å². The van der Waals surface area contributed by atoms with E-state index in [0.29, 0.717) is 16.6 Å². The summed E-state index contributed by atoms with van der Waals surface area (Å²) in [5.74, 6) is -0.0141. The minimum atomic E-state index is -0.0141. The van der Waals surface area contributed by atoms with E-state index >= 15 is 0 Å². The average molecular weight is 323 g/mol. The summed E-state index contributed by atoms with van der Waals surface area (Å²) < 4.78 is 0. The Hall–Kier alpha value is -1.71. The summed E-state index contributed by atoms with van der Waals surface area (Å²) >= 11 is 11.9. The van der Waals surface area contributed by atoms with Crippen molar-refractivity contribution in [3.8, 4) is 0 Å². The number of amides is 1. The topological polar surface area (TPSA) is 32.3 Å². The summed E-state index contributed by atoms with van der Waals surface area (Å²) in [6.45, 7) is 2.74. The highest BCUT2D eigenvalue weighted by molar-refractivity contribution is 6.35. The number of hydrogen-bond acceptors (Lipinski definition) is 2. The van der Waals surface area contributed by atoms with Crippen molar-refractivity contribution in [1.29, 1.82) is 0 Å². The third kappa shape index (κ3) is 4.38. The van der Waals surface area contributed by atoms with E-state index in [1.165, 1.54) is 0 Å². The highest BCUT2D eigenvalue weighted by Crippen LogP contribution is 2.22. The van der Waals surface area contributed by atoms with Crippen LogP contribution in [0.5, 0.6) is 0 Å². The number of para-hydroxylation sites is 1. The van der Waals surface area contributed by atoms with E-state index in [0.717, 1.165) is 11.4 Å². The predicted molar refractivity (Wildman–Crippen MR) is 89.4 cm³/mol. The fourth-order valence-electron chi connectivity index (χ4n) is 2.04. The quantitative estimate of drug-likeness (QED) is 0.881. The molecule has 0 aliphatic heterocycles. The number of carbonyl (C=O) groups excluding carboxylic acids is 1. The van der Waals surface area contributed by atoms with Crippen LogP contribution < -0.4 is 10.2 Å². The smallest absolute Gasteiger partial charge is 0.246 e. The van der Waals surface area contributed by atoms with Gasteiger partial charge in [0.05, 0.1) is 6.54 Å². The first-order valence-corrected chi connectivity index (χ1v) is 7.41.